The fourth-order valence-electron chi connectivity index (χ4n) is 2.09. The average molecular weight is 332 g/mol. The molecule has 0 aliphatic carbocycles. The van der Waals surface area contributed by atoms with E-state index in [4.69, 9.17) is 4.84 Å². The van der Waals surface area contributed by atoms with Crippen LogP contribution >= 0.6 is 0 Å². The Hall–Kier alpha value is -2.45. The van der Waals surface area contributed by atoms with Crippen molar-refractivity contribution in [2.75, 3.05) is 14.1 Å². The predicted molar refractivity (Wildman–Crippen MR) is 85.1 cm³/mol. The number of hydrogen-bond donors (Lipinski definition) is 0. The molecule has 0 unspecified atom stereocenters. The first-order valence-electron chi connectivity index (χ1n) is 6.94. The summed E-state index contributed by atoms with van der Waals surface area (Å²) in [6.07, 6.45) is 0. The number of aromatic nitrogens is 3. The first kappa shape index (κ1) is 15.4. The predicted octanol–water partition coefficient (Wildman–Crippen LogP) is 1.31. The van der Waals surface area contributed by atoms with Crippen LogP contribution < -0.4 is 4.84 Å². The van der Waals surface area contributed by atoms with Crippen LogP contribution in [0.25, 0.3) is 11.0 Å². The van der Waals surface area contributed by atoms with E-state index in [1.807, 2.05) is 24.3 Å². The van der Waals surface area contributed by atoms with E-state index in [9.17, 15) is 8.42 Å². The first-order chi connectivity index (χ1) is 11.0. The Balaban J connectivity index is 1.82. The standard InChI is InChI=1S/C15H16N4O3S/c1-18(2)23(20,21)13-7-5-6-12(10-13)11-22-19-15-9-4-3-8-14(15)16-17-19/h3-10H,11H2,1-2H3. The summed E-state index contributed by atoms with van der Waals surface area (Å²) < 4.78 is 25.5. The van der Waals surface area contributed by atoms with Crippen LogP contribution in [0.5, 0.6) is 0 Å². The molecule has 0 aliphatic rings. The maximum atomic E-state index is 12.1. The molecule has 120 valence electrons. The first-order valence-corrected chi connectivity index (χ1v) is 8.38. The van der Waals surface area contributed by atoms with Crippen molar-refractivity contribution in [2.24, 2.45) is 0 Å². The highest BCUT2D eigenvalue weighted by atomic mass is 32.2. The van der Waals surface area contributed by atoms with Crippen molar-refractivity contribution in [1.82, 2.24) is 19.5 Å². The lowest BCUT2D eigenvalue weighted by molar-refractivity contribution is 0.0750. The summed E-state index contributed by atoms with van der Waals surface area (Å²) in [5, 5.41) is 7.92. The second-order valence-corrected chi connectivity index (χ2v) is 7.31. The van der Waals surface area contributed by atoms with E-state index in [1.165, 1.54) is 23.2 Å². The highest BCUT2D eigenvalue weighted by Crippen LogP contribution is 2.15. The van der Waals surface area contributed by atoms with E-state index in [1.54, 1.807) is 24.3 Å². The fraction of sp³-hybridized carbons (Fsp3) is 0.200. The fourth-order valence-corrected chi connectivity index (χ4v) is 3.06. The van der Waals surface area contributed by atoms with E-state index >= 15 is 0 Å². The molecule has 0 N–H and O–H groups in total. The molecule has 3 rings (SSSR count). The summed E-state index contributed by atoms with van der Waals surface area (Å²) in [5.74, 6) is 0. The average Bonchev–Trinajstić information content (AvgIpc) is 2.96. The van der Waals surface area contributed by atoms with E-state index in [0.717, 1.165) is 16.6 Å². The van der Waals surface area contributed by atoms with Crippen LogP contribution in [0, 0.1) is 0 Å². The van der Waals surface area contributed by atoms with E-state index in [-0.39, 0.29) is 11.5 Å². The number of sulfonamides is 1. The van der Waals surface area contributed by atoms with Gasteiger partial charge in [-0.2, -0.15) is 0 Å². The summed E-state index contributed by atoms with van der Waals surface area (Å²) in [6, 6.07) is 14.1. The van der Waals surface area contributed by atoms with Crippen molar-refractivity contribution < 1.29 is 13.3 Å². The van der Waals surface area contributed by atoms with Gasteiger partial charge in [0.2, 0.25) is 10.0 Å². The quantitative estimate of drug-likeness (QED) is 0.704. The maximum Gasteiger partial charge on any atom is 0.242 e. The molecule has 0 saturated heterocycles. The zero-order valence-electron chi connectivity index (χ0n) is 12.7. The number of nitrogens with zero attached hydrogens (tertiary/aromatic N) is 4. The van der Waals surface area contributed by atoms with Gasteiger partial charge in [-0.25, -0.2) is 12.7 Å². The second kappa shape index (κ2) is 5.98. The van der Waals surface area contributed by atoms with Gasteiger partial charge in [0, 0.05) is 14.1 Å². The van der Waals surface area contributed by atoms with Gasteiger partial charge in [-0.3, -0.25) is 0 Å². The SMILES string of the molecule is CN(C)S(=O)(=O)c1cccc(COn2nnc3ccccc32)c1. The highest BCUT2D eigenvalue weighted by molar-refractivity contribution is 7.89. The van der Waals surface area contributed by atoms with Gasteiger partial charge in [-0.05, 0) is 35.0 Å². The third-order valence-electron chi connectivity index (χ3n) is 3.35. The van der Waals surface area contributed by atoms with Gasteiger partial charge in [0.25, 0.3) is 0 Å². The Labute approximate surface area is 134 Å². The lowest BCUT2D eigenvalue weighted by Crippen LogP contribution is -2.22. The molecule has 0 aliphatic heterocycles. The van der Waals surface area contributed by atoms with Crippen LogP contribution in [0.3, 0.4) is 0 Å². The molecule has 0 fully saturated rings. The normalized spacial score (nSPS) is 12.0. The third-order valence-corrected chi connectivity index (χ3v) is 5.16. The van der Waals surface area contributed by atoms with E-state index in [2.05, 4.69) is 10.3 Å². The minimum absolute atomic E-state index is 0.185. The third kappa shape index (κ3) is 3.03. The Kier molecular flexibility index (Phi) is 4.01. The summed E-state index contributed by atoms with van der Waals surface area (Å²) in [6.45, 7) is 0.185. The number of benzene rings is 2. The summed E-state index contributed by atoms with van der Waals surface area (Å²) >= 11 is 0. The van der Waals surface area contributed by atoms with Gasteiger partial charge in [0.1, 0.15) is 17.6 Å². The zero-order valence-corrected chi connectivity index (χ0v) is 13.6. The summed E-state index contributed by atoms with van der Waals surface area (Å²) in [7, 11) is -0.463. The van der Waals surface area contributed by atoms with Crippen molar-refractivity contribution in [2.45, 2.75) is 11.5 Å². The molecule has 0 saturated carbocycles. The van der Waals surface area contributed by atoms with Crippen molar-refractivity contribution >= 4 is 21.1 Å². The van der Waals surface area contributed by atoms with Crippen molar-refractivity contribution in [3.63, 3.8) is 0 Å². The monoisotopic (exact) mass is 332 g/mol. The Morgan fingerprint density at radius 3 is 2.70 bits per heavy atom. The molecule has 2 aromatic carbocycles. The maximum absolute atomic E-state index is 12.1. The number of rotatable bonds is 5. The molecular formula is C15H16N4O3S. The topological polar surface area (TPSA) is 77.3 Å². The largest absolute Gasteiger partial charge is 0.390 e. The lowest BCUT2D eigenvalue weighted by atomic mass is 10.2. The molecule has 0 atom stereocenters. The van der Waals surface area contributed by atoms with E-state index in [0.29, 0.717) is 0 Å². The molecule has 7 nitrogen and oxygen atoms in total. The number of para-hydroxylation sites is 1. The minimum Gasteiger partial charge on any atom is -0.390 e. The van der Waals surface area contributed by atoms with Crippen molar-refractivity contribution in [3.05, 3.63) is 54.1 Å². The number of hydrogen-bond acceptors (Lipinski definition) is 5. The zero-order chi connectivity index (χ0) is 16.4. The van der Waals surface area contributed by atoms with E-state index < -0.39 is 10.0 Å². The van der Waals surface area contributed by atoms with Crippen LogP contribution in [0.2, 0.25) is 0 Å². The summed E-state index contributed by atoms with van der Waals surface area (Å²) in [5.41, 5.74) is 2.22. The van der Waals surface area contributed by atoms with Crippen LogP contribution in [0.1, 0.15) is 5.56 Å². The summed E-state index contributed by atoms with van der Waals surface area (Å²) in [4.78, 5) is 7.17. The molecule has 0 spiro atoms. The van der Waals surface area contributed by atoms with Crippen molar-refractivity contribution in [3.8, 4) is 0 Å². The molecule has 8 heteroatoms. The molecule has 1 aromatic heterocycles. The molecule has 23 heavy (non-hydrogen) atoms. The molecule has 1 heterocycles. The molecule has 0 bridgehead atoms. The van der Waals surface area contributed by atoms with Crippen LogP contribution in [0.4, 0.5) is 0 Å². The molecule has 0 radical (unpaired) electrons. The smallest absolute Gasteiger partial charge is 0.242 e. The van der Waals surface area contributed by atoms with Crippen LogP contribution in [0.15, 0.2) is 53.4 Å². The van der Waals surface area contributed by atoms with Gasteiger partial charge < -0.3 is 4.84 Å². The Morgan fingerprint density at radius 1 is 1.13 bits per heavy atom. The lowest BCUT2D eigenvalue weighted by Gasteiger charge is -2.12. The van der Waals surface area contributed by atoms with Crippen molar-refractivity contribution in [1.29, 1.82) is 0 Å². The minimum atomic E-state index is -3.46. The second-order valence-electron chi connectivity index (χ2n) is 5.16. The van der Waals surface area contributed by atoms with Gasteiger partial charge >= 0.3 is 0 Å². The molecule has 0 amide bonds. The van der Waals surface area contributed by atoms with Gasteiger partial charge in [-0.15, -0.1) is 5.10 Å². The molecular weight excluding hydrogens is 316 g/mol. The Bertz CT molecular complexity index is 935. The van der Waals surface area contributed by atoms with Gasteiger partial charge in [0.15, 0.2) is 0 Å². The van der Waals surface area contributed by atoms with Crippen LogP contribution in [-0.2, 0) is 16.6 Å². The highest BCUT2D eigenvalue weighted by Gasteiger charge is 2.17. The van der Waals surface area contributed by atoms with Crippen LogP contribution in [-0.4, -0.2) is 42.0 Å². The molecule has 3 aromatic rings. The van der Waals surface area contributed by atoms with Gasteiger partial charge in [-0.1, -0.05) is 29.1 Å². The Morgan fingerprint density at radius 2 is 1.91 bits per heavy atom. The van der Waals surface area contributed by atoms with Gasteiger partial charge in [0.05, 0.1) is 4.90 Å². The number of fused-ring (bicyclic) bond motifs is 1.